The van der Waals surface area contributed by atoms with Crippen LogP contribution < -0.4 is 4.90 Å². The lowest BCUT2D eigenvalue weighted by molar-refractivity contribution is -0.131. The van der Waals surface area contributed by atoms with Crippen molar-refractivity contribution in [2.75, 3.05) is 25.0 Å². The highest BCUT2D eigenvalue weighted by Gasteiger charge is 2.34. The monoisotopic (exact) mass is 503 g/mol. The number of hydrogen-bond acceptors (Lipinski definition) is 6. The molecule has 1 aliphatic heterocycles. The third kappa shape index (κ3) is 5.35. The fourth-order valence-corrected chi connectivity index (χ4v) is 4.89. The van der Waals surface area contributed by atoms with Crippen molar-refractivity contribution in [1.82, 2.24) is 14.9 Å². The van der Waals surface area contributed by atoms with Crippen LogP contribution in [0.1, 0.15) is 24.1 Å². The van der Waals surface area contributed by atoms with Crippen LogP contribution in [0.5, 0.6) is 5.75 Å². The number of aromatic nitrogens is 2. The van der Waals surface area contributed by atoms with Crippen LogP contribution >= 0.6 is 0 Å². The molecular formula is C31H29N5O2. The normalized spacial score (nSPS) is 14.7. The molecule has 4 aromatic rings. The Labute approximate surface area is 222 Å². The number of aromatic hydroxyl groups is 1. The Balaban J connectivity index is 1.47. The van der Waals surface area contributed by atoms with Crippen molar-refractivity contribution >= 4 is 11.7 Å². The summed E-state index contributed by atoms with van der Waals surface area (Å²) in [5.74, 6) is 0.901. The third-order valence-electron chi connectivity index (χ3n) is 6.98. The molecule has 1 saturated heterocycles. The summed E-state index contributed by atoms with van der Waals surface area (Å²) in [5.41, 5.74) is 4.63. The number of amides is 1. The number of benzene rings is 2. The van der Waals surface area contributed by atoms with Crippen molar-refractivity contribution in [3.05, 3.63) is 96.3 Å². The minimum atomic E-state index is -0.315. The van der Waals surface area contributed by atoms with Crippen LogP contribution in [-0.4, -0.2) is 52.1 Å². The smallest absolute Gasteiger partial charge is 0.245 e. The van der Waals surface area contributed by atoms with Crippen LogP contribution in [0.15, 0.2) is 85.1 Å². The van der Waals surface area contributed by atoms with E-state index in [0.29, 0.717) is 42.1 Å². The highest BCUT2D eigenvalue weighted by atomic mass is 16.3. The summed E-state index contributed by atoms with van der Waals surface area (Å²) in [7, 11) is 1.84. The van der Waals surface area contributed by atoms with Gasteiger partial charge in [-0.15, -0.1) is 0 Å². The summed E-state index contributed by atoms with van der Waals surface area (Å²) < 4.78 is 0. The second kappa shape index (κ2) is 11.1. The number of nitriles is 1. The largest absolute Gasteiger partial charge is 0.507 e. The number of carbonyl (C=O) groups excluding carboxylic acids is 1. The van der Waals surface area contributed by atoms with Gasteiger partial charge in [0.1, 0.15) is 17.6 Å². The van der Waals surface area contributed by atoms with Crippen molar-refractivity contribution in [3.8, 4) is 34.2 Å². The van der Waals surface area contributed by atoms with E-state index in [4.69, 9.17) is 4.98 Å². The zero-order valence-electron chi connectivity index (χ0n) is 21.3. The molecule has 0 unspecified atom stereocenters. The summed E-state index contributed by atoms with van der Waals surface area (Å²) in [6.45, 7) is 1.30. The van der Waals surface area contributed by atoms with Crippen molar-refractivity contribution < 1.29 is 9.90 Å². The highest BCUT2D eigenvalue weighted by molar-refractivity contribution is 5.86. The number of pyridine rings is 2. The number of hydrogen-bond donors (Lipinski definition) is 1. The number of phenolic OH excluding ortho intramolecular Hbond substituents is 1. The minimum Gasteiger partial charge on any atom is -0.507 e. The molecule has 2 aromatic carbocycles. The molecule has 0 radical (unpaired) electrons. The number of likely N-dealkylation sites (N-methyl/N-ethyl adjacent to an activating group) is 1. The van der Waals surface area contributed by atoms with Gasteiger partial charge < -0.3 is 14.9 Å². The summed E-state index contributed by atoms with van der Waals surface area (Å²) in [6.07, 6.45) is 4.10. The Morgan fingerprint density at radius 2 is 1.87 bits per heavy atom. The zero-order valence-corrected chi connectivity index (χ0v) is 21.3. The lowest BCUT2D eigenvalue weighted by Gasteiger charge is -2.29. The van der Waals surface area contributed by atoms with Crippen LogP contribution in [-0.2, 0) is 11.2 Å². The van der Waals surface area contributed by atoms with Crippen LogP contribution in [0.2, 0.25) is 0 Å². The molecule has 0 saturated carbocycles. The molecule has 3 heterocycles. The number of rotatable bonds is 7. The van der Waals surface area contributed by atoms with Gasteiger partial charge in [-0.25, -0.2) is 4.98 Å². The first kappa shape index (κ1) is 25.0. The molecule has 190 valence electrons. The maximum Gasteiger partial charge on any atom is 0.245 e. The standard InChI is InChI=1S/C31H29N5O2/c1-35(18-15-25-7-4-5-16-33-25)31(38)28-9-6-17-36(28)30-20-24(23-13-11-22(21-32)12-14-23)19-27(34-30)26-8-2-3-10-29(26)37/h2-5,7-8,10-14,16,19-20,28,37H,6,9,15,17-18H2,1H3/t28-/m0/s1. The Bertz CT molecular complexity index is 1460. The van der Waals surface area contributed by atoms with Gasteiger partial charge in [0.25, 0.3) is 0 Å². The Kier molecular flexibility index (Phi) is 7.32. The molecule has 0 spiro atoms. The fourth-order valence-electron chi connectivity index (χ4n) is 4.89. The molecule has 1 fully saturated rings. The van der Waals surface area contributed by atoms with E-state index in [1.54, 1.807) is 35.4 Å². The Morgan fingerprint density at radius 3 is 2.61 bits per heavy atom. The SMILES string of the molecule is CN(CCc1ccccn1)C(=O)[C@@H]1CCCN1c1cc(-c2ccc(C#N)cc2)cc(-c2ccccc2O)n1. The predicted molar refractivity (Wildman–Crippen MR) is 147 cm³/mol. The van der Waals surface area contributed by atoms with Crippen molar-refractivity contribution in [1.29, 1.82) is 5.26 Å². The molecule has 0 bridgehead atoms. The molecular weight excluding hydrogens is 474 g/mol. The Hall–Kier alpha value is -4.70. The van der Waals surface area contributed by atoms with Gasteiger partial charge in [-0.3, -0.25) is 9.78 Å². The first-order chi connectivity index (χ1) is 18.5. The highest BCUT2D eigenvalue weighted by Crippen LogP contribution is 2.35. The number of nitrogens with zero attached hydrogens (tertiary/aromatic N) is 5. The van der Waals surface area contributed by atoms with Gasteiger partial charge in [-0.2, -0.15) is 5.26 Å². The topological polar surface area (TPSA) is 93.4 Å². The van der Waals surface area contributed by atoms with Crippen LogP contribution in [0.3, 0.4) is 0 Å². The summed E-state index contributed by atoms with van der Waals surface area (Å²) in [4.78, 5) is 26.7. The van der Waals surface area contributed by atoms with Gasteiger partial charge in [-0.1, -0.05) is 30.3 Å². The number of carbonyl (C=O) groups is 1. The molecule has 5 rings (SSSR count). The maximum absolute atomic E-state index is 13.6. The summed E-state index contributed by atoms with van der Waals surface area (Å²) in [5, 5.41) is 19.8. The van der Waals surface area contributed by atoms with E-state index in [-0.39, 0.29) is 17.7 Å². The van der Waals surface area contributed by atoms with E-state index in [1.165, 1.54) is 0 Å². The molecule has 38 heavy (non-hydrogen) atoms. The molecule has 0 aliphatic carbocycles. The predicted octanol–water partition coefficient (Wildman–Crippen LogP) is 5.06. The second-order valence-electron chi connectivity index (χ2n) is 9.49. The van der Waals surface area contributed by atoms with Crippen molar-refractivity contribution in [2.24, 2.45) is 0 Å². The van der Waals surface area contributed by atoms with E-state index in [2.05, 4.69) is 16.0 Å². The van der Waals surface area contributed by atoms with Crippen molar-refractivity contribution in [3.63, 3.8) is 0 Å². The first-order valence-corrected chi connectivity index (χ1v) is 12.8. The molecule has 1 N–H and O–H groups in total. The van der Waals surface area contributed by atoms with E-state index in [0.717, 1.165) is 29.7 Å². The van der Waals surface area contributed by atoms with Gasteiger partial charge in [0.15, 0.2) is 0 Å². The number of anilines is 1. The van der Waals surface area contributed by atoms with E-state index in [1.807, 2.05) is 61.6 Å². The van der Waals surface area contributed by atoms with Gasteiger partial charge in [0, 0.05) is 44.0 Å². The average molecular weight is 504 g/mol. The van der Waals surface area contributed by atoms with Gasteiger partial charge in [0.2, 0.25) is 5.91 Å². The van der Waals surface area contributed by atoms with Gasteiger partial charge >= 0.3 is 0 Å². The van der Waals surface area contributed by atoms with E-state index < -0.39 is 0 Å². The zero-order chi connectivity index (χ0) is 26.5. The molecule has 7 heteroatoms. The fraction of sp³-hybridized carbons (Fsp3) is 0.226. The van der Waals surface area contributed by atoms with E-state index in [9.17, 15) is 15.2 Å². The van der Waals surface area contributed by atoms with Gasteiger partial charge in [0.05, 0.1) is 17.3 Å². The van der Waals surface area contributed by atoms with Crippen LogP contribution in [0, 0.1) is 11.3 Å². The van der Waals surface area contributed by atoms with Crippen LogP contribution in [0.25, 0.3) is 22.4 Å². The first-order valence-electron chi connectivity index (χ1n) is 12.8. The average Bonchev–Trinajstić information content (AvgIpc) is 3.46. The molecule has 1 atom stereocenters. The molecule has 1 aliphatic rings. The molecule has 2 aromatic heterocycles. The van der Waals surface area contributed by atoms with Crippen molar-refractivity contribution in [2.45, 2.75) is 25.3 Å². The van der Waals surface area contributed by atoms with Gasteiger partial charge in [-0.05, 0) is 72.5 Å². The number of para-hydroxylation sites is 1. The van der Waals surface area contributed by atoms with E-state index >= 15 is 0 Å². The molecule has 1 amide bonds. The lowest BCUT2D eigenvalue weighted by atomic mass is 10.0. The molecule has 7 nitrogen and oxygen atoms in total. The Morgan fingerprint density at radius 1 is 1.08 bits per heavy atom. The summed E-state index contributed by atoms with van der Waals surface area (Å²) in [6, 6.07) is 26.1. The quantitative estimate of drug-likeness (QED) is 0.379. The third-order valence-corrected chi connectivity index (χ3v) is 6.98. The maximum atomic E-state index is 13.6. The minimum absolute atomic E-state index is 0.0631. The number of phenols is 1. The van der Waals surface area contributed by atoms with Crippen LogP contribution in [0.4, 0.5) is 5.82 Å². The lowest BCUT2D eigenvalue weighted by Crippen LogP contribution is -2.45. The summed E-state index contributed by atoms with van der Waals surface area (Å²) >= 11 is 0. The second-order valence-corrected chi connectivity index (χ2v) is 9.49.